The van der Waals surface area contributed by atoms with Crippen LogP contribution in [0.3, 0.4) is 0 Å². The number of likely N-dealkylation sites (tertiary alicyclic amines) is 1. The molecule has 8 heteroatoms. The molecule has 8 nitrogen and oxygen atoms in total. The van der Waals surface area contributed by atoms with Gasteiger partial charge in [0.05, 0.1) is 23.7 Å². The Kier molecular flexibility index (Phi) is 6.18. The summed E-state index contributed by atoms with van der Waals surface area (Å²) in [6.07, 6.45) is 6.71. The number of fused-ring (bicyclic) bond motifs is 1. The lowest BCUT2D eigenvalue weighted by molar-refractivity contribution is -0.121. The maximum atomic E-state index is 12.5. The molecule has 3 N–H and O–H groups in total. The van der Waals surface area contributed by atoms with Crippen molar-refractivity contribution in [2.45, 2.75) is 57.2 Å². The number of pyridine rings is 1. The van der Waals surface area contributed by atoms with E-state index in [1.807, 2.05) is 50.4 Å². The van der Waals surface area contributed by atoms with E-state index in [9.17, 15) is 9.90 Å². The first-order valence-electron chi connectivity index (χ1n) is 12.0. The van der Waals surface area contributed by atoms with E-state index in [2.05, 4.69) is 30.5 Å². The highest BCUT2D eigenvalue weighted by molar-refractivity contribution is 5.91. The van der Waals surface area contributed by atoms with Crippen LogP contribution in [0.1, 0.15) is 42.5 Å². The molecular formula is C26H32N6O2. The Morgan fingerprint density at radius 2 is 1.91 bits per heavy atom. The van der Waals surface area contributed by atoms with Crippen LogP contribution in [0.15, 0.2) is 42.9 Å². The molecule has 1 saturated carbocycles. The molecule has 1 amide bonds. The SMILES string of the molecule is Cc1ccc2ncnc(NCC(=O)NC3CN(C4CCC(O)(c5ccc(C)nc5)CC4)C3)c2c1. The van der Waals surface area contributed by atoms with Crippen molar-refractivity contribution in [1.82, 2.24) is 25.2 Å². The summed E-state index contributed by atoms with van der Waals surface area (Å²) in [6, 6.07) is 10.6. The van der Waals surface area contributed by atoms with Gasteiger partial charge >= 0.3 is 0 Å². The smallest absolute Gasteiger partial charge is 0.239 e. The maximum Gasteiger partial charge on any atom is 0.239 e. The molecule has 0 spiro atoms. The van der Waals surface area contributed by atoms with Crippen molar-refractivity contribution in [2.75, 3.05) is 25.0 Å². The predicted octanol–water partition coefficient (Wildman–Crippen LogP) is 2.68. The van der Waals surface area contributed by atoms with Gasteiger partial charge in [-0.25, -0.2) is 9.97 Å². The number of hydrogen-bond donors (Lipinski definition) is 3. The number of hydrogen-bond acceptors (Lipinski definition) is 7. The number of amides is 1. The van der Waals surface area contributed by atoms with Crippen LogP contribution in [0.25, 0.3) is 10.9 Å². The number of aryl methyl sites for hydroxylation is 2. The van der Waals surface area contributed by atoms with Crippen LogP contribution in [0.2, 0.25) is 0 Å². The van der Waals surface area contributed by atoms with Crippen molar-refractivity contribution in [3.63, 3.8) is 0 Å². The van der Waals surface area contributed by atoms with E-state index < -0.39 is 5.60 Å². The number of nitrogens with zero attached hydrogens (tertiary/aromatic N) is 4. The summed E-state index contributed by atoms with van der Waals surface area (Å²) in [5.41, 5.74) is 3.09. The molecule has 34 heavy (non-hydrogen) atoms. The zero-order valence-corrected chi connectivity index (χ0v) is 19.8. The molecule has 3 aromatic rings. The molecule has 2 aromatic heterocycles. The van der Waals surface area contributed by atoms with Crippen LogP contribution in [-0.2, 0) is 10.4 Å². The van der Waals surface area contributed by atoms with Gasteiger partial charge in [0.15, 0.2) is 0 Å². The Morgan fingerprint density at radius 1 is 1.12 bits per heavy atom. The van der Waals surface area contributed by atoms with Gasteiger partial charge in [-0.15, -0.1) is 0 Å². The molecule has 0 atom stereocenters. The molecule has 1 saturated heterocycles. The number of carbonyl (C=O) groups excluding carboxylic acids is 1. The second-order valence-electron chi connectivity index (χ2n) is 9.77. The fourth-order valence-electron chi connectivity index (χ4n) is 5.13. The fraction of sp³-hybridized carbons (Fsp3) is 0.462. The molecule has 3 heterocycles. The average Bonchev–Trinajstić information content (AvgIpc) is 2.81. The van der Waals surface area contributed by atoms with Crippen LogP contribution < -0.4 is 10.6 Å². The third-order valence-corrected chi connectivity index (χ3v) is 7.23. The van der Waals surface area contributed by atoms with Gasteiger partial charge in [-0.1, -0.05) is 17.7 Å². The number of aromatic nitrogens is 3. The number of aliphatic hydroxyl groups is 1. The first-order chi connectivity index (χ1) is 16.4. The average molecular weight is 461 g/mol. The summed E-state index contributed by atoms with van der Waals surface area (Å²) >= 11 is 0. The van der Waals surface area contributed by atoms with Crippen molar-refractivity contribution in [2.24, 2.45) is 0 Å². The minimum Gasteiger partial charge on any atom is -0.385 e. The van der Waals surface area contributed by atoms with Crippen LogP contribution >= 0.6 is 0 Å². The predicted molar refractivity (Wildman–Crippen MR) is 131 cm³/mol. The zero-order chi connectivity index (χ0) is 23.7. The van der Waals surface area contributed by atoms with Gasteiger partial charge in [0.1, 0.15) is 12.1 Å². The Labute approximate surface area is 199 Å². The van der Waals surface area contributed by atoms with E-state index in [1.54, 1.807) is 0 Å². The minimum atomic E-state index is -0.773. The third-order valence-electron chi connectivity index (χ3n) is 7.23. The lowest BCUT2D eigenvalue weighted by atomic mass is 9.77. The molecule has 0 unspecified atom stereocenters. The number of carbonyl (C=O) groups is 1. The van der Waals surface area contributed by atoms with Crippen LogP contribution in [0.5, 0.6) is 0 Å². The number of nitrogens with one attached hydrogen (secondary N) is 2. The number of anilines is 1. The minimum absolute atomic E-state index is 0.0334. The van der Waals surface area contributed by atoms with E-state index >= 15 is 0 Å². The van der Waals surface area contributed by atoms with E-state index in [0.29, 0.717) is 11.9 Å². The third kappa shape index (κ3) is 4.74. The molecule has 2 aliphatic rings. The molecular weight excluding hydrogens is 428 g/mol. The molecule has 178 valence electrons. The molecule has 1 aliphatic heterocycles. The van der Waals surface area contributed by atoms with Crippen molar-refractivity contribution >= 4 is 22.6 Å². The van der Waals surface area contributed by atoms with E-state index in [0.717, 1.165) is 66.5 Å². The summed E-state index contributed by atoms with van der Waals surface area (Å²) in [7, 11) is 0. The molecule has 2 fully saturated rings. The van der Waals surface area contributed by atoms with Crippen LogP contribution in [0.4, 0.5) is 5.82 Å². The Balaban J connectivity index is 1.07. The summed E-state index contributed by atoms with van der Waals surface area (Å²) < 4.78 is 0. The lowest BCUT2D eigenvalue weighted by Gasteiger charge is -2.48. The molecule has 1 aliphatic carbocycles. The number of benzene rings is 1. The summed E-state index contributed by atoms with van der Waals surface area (Å²) in [5.74, 6) is 0.645. The first-order valence-corrected chi connectivity index (χ1v) is 12.0. The van der Waals surface area contributed by atoms with Gasteiger partial charge in [-0.3, -0.25) is 14.7 Å². The monoisotopic (exact) mass is 460 g/mol. The highest BCUT2D eigenvalue weighted by Crippen LogP contribution is 2.39. The second kappa shape index (κ2) is 9.27. The van der Waals surface area contributed by atoms with Gasteiger partial charge in [0, 0.05) is 42.0 Å². The normalized spacial score (nSPS) is 23.4. The van der Waals surface area contributed by atoms with Gasteiger partial charge in [-0.05, 0) is 57.7 Å². The first kappa shape index (κ1) is 22.7. The van der Waals surface area contributed by atoms with Gasteiger partial charge in [0.25, 0.3) is 0 Å². The molecule has 5 rings (SSSR count). The lowest BCUT2D eigenvalue weighted by Crippen LogP contribution is -2.63. The van der Waals surface area contributed by atoms with Crippen LogP contribution in [0, 0.1) is 13.8 Å². The second-order valence-corrected chi connectivity index (χ2v) is 9.77. The van der Waals surface area contributed by atoms with Gasteiger partial charge < -0.3 is 15.7 Å². The zero-order valence-electron chi connectivity index (χ0n) is 19.8. The Bertz CT molecular complexity index is 1170. The number of rotatable bonds is 6. The van der Waals surface area contributed by atoms with E-state index in [4.69, 9.17) is 0 Å². The van der Waals surface area contributed by atoms with E-state index in [-0.39, 0.29) is 18.5 Å². The summed E-state index contributed by atoms with van der Waals surface area (Å²) in [5, 5.41) is 18.3. The highest BCUT2D eigenvalue weighted by atomic mass is 16.3. The van der Waals surface area contributed by atoms with Crippen molar-refractivity contribution < 1.29 is 9.90 Å². The Hall–Kier alpha value is -3.10. The quantitative estimate of drug-likeness (QED) is 0.520. The van der Waals surface area contributed by atoms with E-state index in [1.165, 1.54) is 6.33 Å². The van der Waals surface area contributed by atoms with Gasteiger partial charge in [0.2, 0.25) is 5.91 Å². The molecule has 0 radical (unpaired) electrons. The molecule has 0 bridgehead atoms. The largest absolute Gasteiger partial charge is 0.385 e. The highest BCUT2D eigenvalue weighted by Gasteiger charge is 2.40. The van der Waals surface area contributed by atoms with Crippen LogP contribution in [-0.4, -0.2) is 62.6 Å². The maximum absolute atomic E-state index is 12.5. The Morgan fingerprint density at radius 3 is 2.65 bits per heavy atom. The standard InChI is InChI=1S/C26H32N6O2/c1-17-3-6-23-22(11-17)25(30-16-29-23)28-13-24(33)31-20-14-32(15-20)21-7-9-26(34,10-8-21)19-5-4-18(2)27-12-19/h3-6,11-12,16,20-21,34H,7-10,13-15H2,1-2H3,(H,31,33)(H,28,29,30). The fourth-order valence-corrected chi connectivity index (χ4v) is 5.13. The molecule has 1 aromatic carbocycles. The van der Waals surface area contributed by atoms with Crippen molar-refractivity contribution in [3.8, 4) is 0 Å². The van der Waals surface area contributed by atoms with Gasteiger partial charge in [-0.2, -0.15) is 0 Å². The topological polar surface area (TPSA) is 103 Å². The summed E-state index contributed by atoms with van der Waals surface area (Å²) in [4.78, 5) is 27.9. The van der Waals surface area contributed by atoms with Crippen molar-refractivity contribution in [3.05, 3.63) is 59.7 Å². The van der Waals surface area contributed by atoms with Crippen molar-refractivity contribution in [1.29, 1.82) is 0 Å². The summed E-state index contributed by atoms with van der Waals surface area (Å²) in [6.45, 7) is 5.88.